The van der Waals surface area contributed by atoms with Crippen molar-refractivity contribution in [3.8, 4) is 0 Å². The summed E-state index contributed by atoms with van der Waals surface area (Å²) >= 11 is 5.94. The molecule has 1 atom stereocenters. The maximum Gasteiger partial charge on any atom is 0.255 e. The number of halogens is 1. The van der Waals surface area contributed by atoms with Crippen LogP contribution in [-0.4, -0.2) is 26.5 Å². The summed E-state index contributed by atoms with van der Waals surface area (Å²) in [5, 5.41) is 7.19. The molecule has 0 saturated carbocycles. The second-order valence-electron chi connectivity index (χ2n) is 4.09. The molecule has 2 aromatic rings. The minimum atomic E-state index is -0.232. The number of aromatic nitrogens is 3. The number of fused-ring (bicyclic) bond motifs is 1. The normalized spacial score (nSPS) is 12.6. The predicted molar refractivity (Wildman–Crippen MR) is 69.6 cm³/mol. The van der Waals surface area contributed by atoms with E-state index in [1.807, 2.05) is 13.8 Å². The molecular weight excluding hydrogens is 254 g/mol. The highest BCUT2D eigenvalue weighted by atomic mass is 35.5. The lowest BCUT2D eigenvalue weighted by Crippen LogP contribution is -2.32. The van der Waals surface area contributed by atoms with Crippen molar-refractivity contribution in [2.45, 2.75) is 26.3 Å². The summed E-state index contributed by atoms with van der Waals surface area (Å²) < 4.78 is 1.41. The quantitative estimate of drug-likeness (QED) is 0.882. The van der Waals surface area contributed by atoms with E-state index in [0.717, 1.165) is 6.42 Å². The first-order valence-electron chi connectivity index (χ1n) is 5.63. The third-order valence-corrected chi connectivity index (χ3v) is 2.86. The fraction of sp³-hybridized carbons (Fsp3) is 0.364. The smallest absolute Gasteiger partial charge is 0.255 e. The van der Waals surface area contributed by atoms with E-state index in [1.54, 1.807) is 12.3 Å². The number of nitrogens with one attached hydrogen (secondary N) is 1. The zero-order valence-electron chi connectivity index (χ0n) is 10.1. The van der Waals surface area contributed by atoms with Crippen molar-refractivity contribution in [1.82, 2.24) is 19.9 Å². The SMILES string of the molecule is CC[C@H](C)NC(=O)c1cc(Cl)cn2nc(N)nc12. The lowest BCUT2D eigenvalue weighted by Gasteiger charge is -2.11. The van der Waals surface area contributed by atoms with Crippen LogP contribution in [0.4, 0.5) is 5.95 Å². The highest BCUT2D eigenvalue weighted by Gasteiger charge is 2.16. The van der Waals surface area contributed by atoms with Crippen molar-refractivity contribution in [2.75, 3.05) is 5.73 Å². The van der Waals surface area contributed by atoms with Gasteiger partial charge in [-0.3, -0.25) is 4.79 Å². The van der Waals surface area contributed by atoms with Crippen LogP contribution >= 0.6 is 11.6 Å². The first-order valence-corrected chi connectivity index (χ1v) is 6.01. The van der Waals surface area contributed by atoms with Crippen LogP contribution in [0, 0.1) is 0 Å². The van der Waals surface area contributed by atoms with Crippen molar-refractivity contribution in [2.24, 2.45) is 0 Å². The number of carbonyl (C=O) groups is 1. The van der Waals surface area contributed by atoms with Crippen molar-refractivity contribution in [3.63, 3.8) is 0 Å². The minimum absolute atomic E-state index is 0.0804. The lowest BCUT2D eigenvalue weighted by atomic mass is 10.2. The van der Waals surface area contributed by atoms with Crippen molar-refractivity contribution in [3.05, 3.63) is 22.8 Å². The molecule has 2 rings (SSSR count). The van der Waals surface area contributed by atoms with Gasteiger partial charge in [-0.05, 0) is 19.4 Å². The van der Waals surface area contributed by atoms with Gasteiger partial charge in [0.05, 0.1) is 10.6 Å². The van der Waals surface area contributed by atoms with Crippen LogP contribution < -0.4 is 11.1 Å². The number of hydrogen-bond donors (Lipinski definition) is 2. The number of carbonyl (C=O) groups excluding carboxylic acids is 1. The molecule has 6 nitrogen and oxygen atoms in total. The second kappa shape index (κ2) is 4.81. The average Bonchev–Trinajstić information content (AvgIpc) is 2.67. The van der Waals surface area contributed by atoms with E-state index in [9.17, 15) is 4.79 Å². The van der Waals surface area contributed by atoms with Gasteiger partial charge in [0.15, 0.2) is 5.65 Å². The van der Waals surface area contributed by atoms with E-state index in [0.29, 0.717) is 16.2 Å². The van der Waals surface area contributed by atoms with Crippen LogP contribution in [0.1, 0.15) is 30.6 Å². The number of amides is 1. The number of nitrogen functional groups attached to an aromatic ring is 1. The van der Waals surface area contributed by atoms with E-state index >= 15 is 0 Å². The van der Waals surface area contributed by atoms with Gasteiger partial charge in [0.1, 0.15) is 0 Å². The van der Waals surface area contributed by atoms with Gasteiger partial charge in [-0.2, -0.15) is 4.98 Å². The molecule has 2 aromatic heterocycles. The number of anilines is 1. The number of nitrogens with two attached hydrogens (primary N) is 1. The standard InChI is InChI=1S/C11H14ClN5O/c1-3-6(2)14-10(18)8-4-7(12)5-17-9(8)15-11(13)16-17/h4-6H,3H2,1-2H3,(H2,13,16)(H,14,18)/t6-/m0/s1. The molecule has 0 aromatic carbocycles. The Labute approximate surface area is 109 Å². The number of hydrogen-bond acceptors (Lipinski definition) is 4. The lowest BCUT2D eigenvalue weighted by molar-refractivity contribution is 0.0940. The van der Waals surface area contributed by atoms with Crippen LogP contribution in [-0.2, 0) is 0 Å². The number of rotatable bonds is 3. The molecule has 0 unspecified atom stereocenters. The maximum absolute atomic E-state index is 12.1. The Morgan fingerprint density at radius 1 is 1.67 bits per heavy atom. The zero-order valence-corrected chi connectivity index (χ0v) is 10.9. The molecule has 3 N–H and O–H groups in total. The van der Waals surface area contributed by atoms with Crippen LogP contribution in [0.3, 0.4) is 0 Å². The van der Waals surface area contributed by atoms with Gasteiger partial charge < -0.3 is 11.1 Å². The Morgan fingerprint density at radius 2 is 2.39 bits per heavy atom. The molecule has 18 heavy (non-hydrogen) atoms. The Balaban J connectivity index is 2.45. The molecule has 0 saturated heterocycles. The van der Waals surface area contributed by atoms with E-state index in [1.165, 1.54) is 4.52 Å². The third-order valence-electron chi connectivity index (χ3n) is 2.65. The molecule has 2 heterocycles. The Bertz CT molecular complexity index is 594. The average molecular weight is 268 g/mol. The summed E-state index contributed by atoms with van der Waals surface area (Å²) in [7, 11) is 0. The Hall–Kier alpha value is -1.82. The number of nitrogens with zero attached hydrogens (tertiary/aromatic N) is 3. The van der Waals surface area contributed by atoms with Crippen LogP contribution in [0.25, 0.3) is 5.65 Å². The third kappa shape index (κ3) is 2.38. The summed E-state index contributed by atoms with van der Waals surface area (Å²) in [4.78, 5) is 16.1. The molecule has 0 radical (unpaired) electrons. The van der Waals surface area contributed by atoms with E-state index < -0.39 is 0 Å². The fourth-order valence-electron chi connectivity index (χ4n) is 1.54. The largest absolute Gasteiger partial charge is 0.366 e. The van der Waals surface area contributed by atoms with E-state index in [4.69, 9.17) is 17.3 Å². The van der Waals surface area contributed by atoms with Crippen molar-refractivity contribution >= 4 is 29.1 Å². The first-order chi connectivity index (χ1) is 8.51. The zero-order chi connectivity index (χ0) is 13.3. The molecule has 0 fully saturated rings. The predicted octanol–water partition coefficient (Wildman–Crippen LogP) is 1.49. The van der Waals surface area contributed by atoms with Gasteiger partial charge in [0.25, 0.3) is 5.91 Å². The number of pyridine rings is 1. The maximum atomic E-state index is 12.1. The molecule has 1 amide bonds. The fourth-order valence-corrected chi connectivity index (χ4v) is 1.74. The van der Waals surface area contributed by atoms with Gasteiger partial charge in [-0.15, -0.1) is 5.10 Å². The topological polar surface area (TPSA) is 85.3 Å². The molecule has 0 bridgehead atoms. The highest BCUT2D eigenvalue weighted by Crippen LogP contribution is 2.16. The summed E-state index contributed by atoms with van der Waals surface area (Å²) in [5.41, 5.74) is 6.29. The molecule has 7 heteroatoms. The van der Waals surface area contributed by atoms with E-state index in [2.05, 4.69) is 15.4 Å². The van der Waals surface area contributed by atoms with Crippen molar-refractivity contribution in [1.29, 1.82) is 0 Å². The van der Waals surface area contributed by atoms with Crippen LogP contribution in [0.15, 0.2) is 12.3 Å². The van der Waals surface area contributed by atoms with Gasteiger partial charge in [0.2, 0.25) is 5.95 Å². The summed E-state index contributed by atoms with van der Waals surface area (Å²) in [6.45, 7) is 3.92. The summed E-state index contributed by atoms with van der Waals surface area (Å²) in [6.07, 6.45) is 2.40. The van der Waals surface area contributed by atoms with Gasteiger partial charge >= 0.3 is 0 Å². The van der Waals surface area contributed by atoms with Gasteiger partial charge in [0, 0.05) is 12.2 Å². The minimum Gasteiger partial charge on any atom is -0.366 e. The Kier molecular flexibility index (Phi) is 3.38. The summed E-state index contributed by atoms with van der Waals surface area (Å²) in [5.74, 6) is -0.126. The molecular formula is C11H14ClN5O. The molecule has 0 aliphatic heterocycles. The first kappa shape index (κ1) is 12.6. The second-order valence-corrected chi connectivity index (χ2v) is 4.53. The molecule has 0 aliphatic rings. The van der Waals surface area contributed by atoms with Gasteiger partial charge in [-0.1, -0.05) is 18.5 Å². The summed E-state index contributed by atoms with van der Waals surface area (Å²) in [6, 6.07) is 1.64. The highest BCUT2D eigenvalue weighted by molar-refractivity contribution is 6.31. The van der Waals surface area contributed by atoms with Crippen LogP contribution in [0.2, 0.25) is 5.02 Å². The monoisotopic (exact) mass is 267 g/mol. The van der Waals surface area contributed by atoms with Crippen molar-refractivity contribution < 1.29 is 4.79 Å². The molecule has 0 spiro atoms. The Morgan fingerprint density at radius 3 is 3.06 bits per heavy atom. The van der Waals surface area contributed by atoms with E-state index in [-0.39, 0.29) is 17.9 Å². The van der Waals surface area contributed by atoms with Crippen LogP contribution in [0.5, 0.6) is 0 Å². The van der Waals surface area contributed by atoms with Gasteiger partial charge in [-0.25, -0.2) is 4.52 Å². The molecule has 0 aliphatic carbocycles. The molecule has 96 valence electrons.